The maximum atomic E-state index is 5.64. The highest BCUT2D eigenvalue weighted by Crippen LogP contribution is 2.39. The van der Waals surface area contributed by atoms with E-state index in [-0.39, 0.29) is 0 Å². The standard InChI is InChI=1S/C10H12N4OS2/c1-5-9(17-10(11)12-5)16-4-7-13-8(15-14-7)6-2-3-6/h6H,2-4H2,1H3,(H2,11,12). The van der Waals surface area contributed by atoms with Crippen molar-refractivity contribution in [3.8, 4) is 0 Å². The number of rotatable bonds is 4. The molecule has 0 saturated heterocycles. The molecule has 1 saturated carbocycles. The quantitative estimate of drug-likeness (QED) is 0.859. The Morgan fingerprint density at radius 3 is 2.94 bits per heavy atom. The van der Waals surface area contributed by atoms with E-state index in [9.17, 15) is 0 Å². The normalized spacial score (nSPS) is 15.4. The van der Waals surface area contributed by atoms with Crippen LogP contribution in [0.15, 0.2) is 8.73 Å². The fourth-order valence-electron chi connectivity index (χ4n) is 1.49. The first-order valence-electron chi connectivity index (χ1n) is 5.40. The summed E-state index contributed by atoms with van der Waals surface area (Å²) in [6.07, 6.45) is 2.36. The third-order valence-corrected chi connectivity index (χ3v) is 4.86. The highest BCUT2D eigenvalue weighted by atomic mass is 32.2. The minimum atomic E-state index is 0.516. The first-order valence-corrected chi connectivity index (χ1v) is 7.21. The summed E-state index contributed by atoms with van der Waals surface area (Å²) in [4.78, 5) is 8.56. The van der Waals surface area contributed by atoms with Crippen molar-refractivity contribution in [2.75, 3.05) is 5.73 Å². The molecule has 0 amide bonds. The fourth-order valence-corrected chi connectivity index (χ4v) is 3.36. The van der Waals surface area contributed by atoms with Crippen molar-refractivity contribution in [3.63, 3.8) is 0 Å². The van der Waals surface area contributed by atoms with Crippen LogP contribution in [0.25, 0.3) is 0 Å². The molecule has 0 bridgehead atoms. The number of aromatic nitrogens is 3. The number of aryl methyl sites for hydroxylation is 1. The van der Waals surface area contributed by atoms with Gasteiger partial charge in [0.25, 0.3) is 0 Å². The molecule has 5 nitrogen and oxygen atoms in total. The molecule has 17 heavy (non-hydrogen) atoms. The summed E-state index contributed by atoms with van der Waals surface area (Å²) in [6, 6.07) is 0. The van der Waals surface area contributed by atoms with Crippen molar-refractivity contribution in [2.24, 2.45) is 0 Å². The van der Waals surface area contributed by atoms with E-state index in [1.807, 2.05) is 6.92 Å². The van der Waals surface area contributed by atoms with Crippen LogP contribution in [-0.4, -0.2) is 15.1 Å². The topological polar surface area (TPSA) is 77.8 Å². The molecule has 0 spiro atoms. The average Bonchev–Trinajstić information content (AvgIpc) is 2.95. The van der Waals surface area contributed by atoms with Gasteiger partial charge in [-0.15, -0.1) is 11.8 Å². The predicted molar refractivity (Wildman–Crippen MR) is 67.1 cm³/mol. The van der Waals surface area contributed by atoms with Crippen LogP contribution in [0.2, 0.25) is 0 Å². The fraction of sp³-hybridized carbons (Fsp3) is 0.500. The van der Waals surface area contributed by atoms with Gasteiger partial charge in [-0.1, -0.05) is 16.5 Å². The van der Waals surface area contributed by atoms with Gasteiger partial charge in [0.15, 0.2) is 11.0 Å². The van der Waals surface area contributed by atoms with Crippen molar-refractivity contribution in [2.45, 2.75) is 35.6 Å². The van der Waals surface area contributed by atoms with Crippen LogP contribution in [0.5, 0.6) is 0 Å². The Morgan fingerprint density at radius 1 is 1.47 bits per heavy atom. The van der Waals surface area contributed by atoms with Crippen molar-refractivity contribution < 1.29 is 4.52 Å². The van der Waals surface area contributed by atoms with Crippen LogP contribution in [-0.2, 0) is 5.75 Å². The third kappa shape index (κ3) is 2.44. The van der Waals surface area contributed by atoms with Crippen LogP contribution in [0.3, 0.4) is 0 Å². The summed E-state index contributed by atoms with van der Waals surface area (Å²) in [7, 11) is 0. The van der Waals surface area contributed by atoms with Gasteiger partial charge < -0.3 is 10.3 Å². The molecule has 1 aliphatic rings. The van der Waals surface area contributed by atoms with E-state index in [2.05, 4.69) is 15.1 Å². The van der Waals surface area contributed by atoms with Crippen LogP contribution in [0.4, 0.5) is 5.13 Å². The van der Waals surface area contributed by atoms with Gasteiger partial charge in [-0.3, -0.25) is 0 Å². The highest BCUT2D eigenvalue weighted by molar-refractivity contribution is 8.00. The van der Waals surface area contributed by atoms with Gasteiger partial charge in [0.1, 0.15) is 0 Å². The van der Waals surface area contributed by atoms with Gasteiger partial charge in [0.2, 0.25) is 5.89 Å². The third-order valence-electron chi connectivity index (χ3n) is 2.51. The lowest BCUT2D eigenvalue weighted by molar-refractivity contribution is 0.375. The monoisotopic (exact) mass is 268 g/mol. The SMILES string of the molecule is Cc1nc(N)sc1SCc1noc(C2CC2)n1. The van der Waals surface area contributed by atoms with E-state index in [1.54, 1.807) is 11.8 Å². The number of hydrogen-bond donors (Lipinski definition) is 1. The molecule has 2 heterocycles. The number of nitrogens with two attached hydrogens (primary N) is 1. The Morgan fingerprint density at radius 2 is 2.29 bits per heavy atom. The Hall–Kier alpha value is -1.08. The van der Waals surface area contributed by atoms with Crippen LogP contribution in [0, 0.1) is 6.92 Å². The second-order valence-corrected chi connectivity index (χ2v) is 6.31. The lowest BCUT2D eigenvalue weighted by Gasteiger charge is -1.93. The molecule has 0 aliphatic heterocycles. The molecule has 1 aliphatic carbocycles. The van der Waals surface area contributed by atoms with Crippen molar-refractivity contribution in [3.05, 3.63) is 17.4 Å². The van der Waals surface area contributed by atoms with E-state index in [1.165, 1.54) is 24.2 Å². The number of nitrogen functional groups attached to an aromatic ring is 1. The van der Waals surface area contributed by atoms with Crippen molar-refractivity contribution >= 4 is 28.2 Å². The van der Waals surface area contributed by atoms with Gasteiger partial charge in [0, 0.05) is 5.92 Å². The minimum absolute atomic E-state index is 0.516. The summed E-state index contributed by atoms with van der Waals surface area (Å²) in [5.74, 6) is 2.77. The van der Waals surface area contributed by atoms with Crippen LogP contribution in [0.1, 0.15) is 36.2 Å². The second-order valence-electron chi connectivity index (χ2n) is 4.04. The summed E-state index contributed by atoms with van der Waals surface area (Å²) in [6.45, 7) is 1.96. The molecule has 0 unspecified atom stereocenters. The van der Waals surface area contributed by atoms with Gasteiger partial charge in [-0.25, -0.2) is 4.98 Å². The minimum Gasteiger partial charge on any atom is -0.375 e. The highest BCUT2D eigenvalue weighted by Gasteiger charge is 2.29. The maximum absolute atomic E-state index is 5.64. The Labute approximate surface area is 107 Å². The Bertz CT molecular complexity index is 532. The van der Waals surface area contributed by atoms with Crippen molar-refractivity contribution in [1.29, 1.82) is 0 Å². The molecular weight excluding hydrogens is 256 g/mol. The maximum Gasteiger partial charge on any atom is 0.229 e. The Balaban J connectivity index is 1.64. The summed E-state index contributed by atoms with van der Waals surface area (Å²) < 4.78 is 6.33. The smallest absolute Gasteiger partial charge is 0.229 e. The van der Waals surface area contributed by atoms with E-state index in [0.29, 0.717) is 16.8 Å². The number of nitrogens with zero attached hydrogens (tertiary/aromatic N) is 3. The first kappa shape index (κ1) is 11.0. The molecule has 7 heteroatoms. The molecule has 2 aromatic heterocycles. The lowest BCUT2D eigenvalue weighted by atomic mass is 10.4. The Kier molecular flexibility index (Phi) is 2.79. The number of hydrogen-bond acceptors (Lipinski definition) is 7. The summed E-state index contributed by atoms with van der Waals surface area (Å²) in [5, 5.41) is 4.58. The van der Waals surface area contributed by atoms with E-state index < -0.39 is 0 Å². The largest absolute Gasteiger partial charge is 0.375 e. The molecule has 0 aromatic carbocycles. The van der Waals surface area contributed by atoms with Crippen LogP contribution < -0.4 is 5.73 Å². The molecule has 0 atom stereocenters. The molecule has 0 radical (unpaired) electrons. The van der Waals surface area contributed by atoms with Gasteiger partial charge in [0.05, 0.1) is 15.7 Å². The summed E-state index contributed by atoms with van der Waals surface area (Å²) in [5.41, 5.74) is 6.62. The second kappa shape index (κ2) is 4.30. The lowest BCUT2D eigenvalue weighted by Crippen LogP contribution is -1.85. The van der Waals surface area contributed by atoms with Gasteiger partial charge in [-0.2, -0.15) is 4.98 Å². The zero-order chi connectivity index (χ0) is 11.8. The van der Waals surface area contributed by atoms with Gasteiger partial charge in [-0.05, 0) is 19.8 Å². The number of anilines is 1. The molecule has 90 valence electrons. The van der Waals surface area contributed by atoms with Gasteiger partial charge >= 0.3 is 0 Å². The van der Waals surface area contributed by atoms with E-state index in [4.69, 9.17) is 10.3 Å². The average molecular weight is 268 g/mol. The van der Waals surface area contributed by atoms with E-state index in [0.717, 1.165) is 21.6 Å². The molecular formula is C10H12N4OS2. The van der Waals surface area contributed by atoms with Crippen LogP contribution >= 0.6 is 23.1 Å². The molecule has 3 rings (SSSR count). The summed E-state index contributed by atoms with van der Waals surface area (Å²) >= 11 is 3.16. The number of thioether (sulfide) groups is 1. The zero-order valence-electron chi connectivity index (χ0n) is 9.34. The number of thiazole rings is 1. The first-order chi connectivity index (χ1) is 8.22. The van der Waals surface area contributed by atoms with E-state index >= 15 is 0 Å². The van der Waals surface area contributed by atoms with Crippen molar-refractivity contribution in [1.82, 2.24) is 15.1 Å². The molecule has 2 aromatic rings. The predicted octanol–water partition coefficient (Wildman–Crippen LogP) is 2.59. The molecule has 2 N–H and O–H groups in total. The zero-order valence-corrected chi connectivity index (χ0v) is 11.0. The molecule has 1 fully saturated rings.